The largest absolute Gasteiger partial charge is 0.369 e. The maximum atomic E-state index is 11.4. The smallest absolute Gasteiger partial charge is 0.229 e. The van der Waals surface area contributed by atoms with Crippen LogP contribution in [-0.4, -0.2) is 35.8 Å². The number of rotatable bonds is 7. The van der Waals surface area contributed by atoms with Crippen molar-refractivity contribution in [2.45, 2.75) is 6.23 Å². The van der Waals surface area contributed by atoms with Gasteiger partial charge in [0.05, 0.1) is 23.8 Å². The topological polar surface area (TPSA) is 113 Å². The van der Waals surface area contributed by atoms with Crippen molar-refractivity contribution in [3.05, 3.63) is 70.5 Å². The number of hydrogen-bond acceptors (Lipinski definition) is 6. The number of aromatic nitrogens is 2. The minimum absolute atomic E-state index is 0.349. The summed E-state index contributed by atoms with van der Waals surface area (Å²) in [7, 11) is -3.43. The summed E-state index contributed by atoms with van der Waals surface area (Å²) in [5, 5.41) is 17.6. The fourth-order valence-corrected chi connectivity index (χ4v) is 3.63. The first-order valence-corrected chi connectivity index (χ1v) is 10.8. The third kappa shape index (κ3) is 4.97. The molecule has 0 aliphatic carbocycles. The summed E-state index contributed by atoms with van der Waals surface area (Å²) < 4.78 is 27.4. The molecule has 10 heteroatoms. The highest BCUT2D eigenvalue weighted by Crippen LogP contribution is 2.26. The first-order chi connectivity index (χ1) is 13.2. The number of aldehydes is 1. The van der Waals surface area contributed by atoms with Gasteiger partial charge in [-0.3, -0.25) is 9.52 Å². The van der Waals surface area contributed by atoms with Crippen molar-refractivity contribution in [3.63, 3.8) is 0 Å². The fraction of sp³-hybridized carbons (Fsp3) is 0.111. The number of nitrogens with zero attached hydrogens (tertiary/aromatic N) is 2. The molecule has 1 heterocycles. The van der Waals surface area contributed by atoms with Crippen molar-refractivity contribution in [1.82, 2.24) is 9.78 Å². The van der Waals surface area contributed by atoms with Crippen molar-refractivity contribution in [2.75, 3.05) is 16.3 Å². The van der Waals surface area contributed by atoms with E-state index in [9.17, 15) is 18.3 Å². The zero-order valence-corrected chi connectivity index (χ0v) is 17.1. The minimum Gasteiger partial charge on any atom is -0.369 e. The molecule has 0 amide bonds. The summed E-state index contributed by atoms with van der Waals surface area (Å²) in [5.74, 6) is 0. The molecule has 146 valence electrons. The van der Waals surface area contributed by atoms with Gasteiger partial charge in [0.15, 0.2) is 12.5 Å². The normalized spacial score (nSPS) is 12.4. The van der Waals surface area contributed by atoms with Gasteiger partial charge in [-0.25, -0.2) is 13.1 Å². The number of para-hydroxylation sites is 1. The Labute approximate surface area is 170 Å². The highest BCUT2D eigenvalue weighted by atomic mass is 79.9. The van der Waals surface area contributed by atoms with Gasteiger partial charge in [0.1, 0.15) is 0 Å². The lowest BCUT2D eigenvalue weighted by molar-refractivity contribution is 0.112. The molecular weight excluding hydrogens is 448 g/mol. The summed E-state index contributed by atoms with van der Waals surface area (Å²) in [4.78, 5) is 11.2. The first kappa shape index (κ1) is 20.1. The van der Waals surface area contributed by atoms with E-state index in [-0.39, 0.29) is 0 Å². The van der Waals surface area contributed by atoms with E-state index in [0.29, 0.717) is 32.7 Å². The Morgan fingerprint density at radius 3 is 2.64 bits per heavy atom. The SMILES string of the molecule is CS(=O)(=O)Nc1cc(Br)cc(NC(O)c2cnn(-c3ccccc3C=O)c2)c1. The molecule has 28 heavy (non-hydrogen) atoms. The molecular formula is C18H17BrN4O4S. The molecule has 0 saturated carbocycles. The number of benzene rings is 2. The van der Waals surface area contributed by atoms with Crippen LogP contribution in [0.3, 0.4) is 0 Å². The number of carbonyl (C=O) groups is 1. The van der Waals surface area contributed by atoms with Crippen LogP contribution in [0.25, 0.3) is 5.69 Å². The second kappa shape index (κ2) is 8.13. The van der Waals surface area contributed by atoms with Crippen LogP contribution >= 0.6 is 15.9 Å². The Morgan fingerprint density at radius 2 is 1.93 bits per heavy atom. The molecule has 0 spiro atoms. The van der Waals surface area contributed by atoms with E-state index in [2.05, 4.69) is 31.1 Å². The van der Waals surface area contributed by atoms with Crippen molar-refractivity contribution < 1.29 is 18.3 Å². The first-order valence-electron chi connectivity index (χ1n) is 8.07. The minimum atomic E-state index is -3.43. The average molecular weight is 465 g/mol. The van der Waals surface area contributed by atoms with Gasteiger partial charge in [0, 0.05) is 27.5 Å². The van der Waals surface area contributed by atoms with E-state index in [1.165, 1.54) is 10.9 Å². The lowest BCUT2D eigenvalue weighted by Crippen LogP contribution is -2.11. The van der Waals surface area contributed by atoms with E-state index in [1.54, 1.807) is 48.7 Å². The summed E-state index contributed by atoms with van der Waals surface area (Å²) >= 11 is 3.31. The Balaban J connectivity index is 1.82. The number of halogens is 1. The Morgan fingerprint density at radius 1 is 1.21 bits per heavy atom. The van der Waals surface area contributed by atoms with Crippen LogP contribution in [0.15, 0.2) is 59.3 Å². The predicted octanol–water partition coefficient (Wildman–Crippen LogP) is 2.92. The standard InChI is InChI=1S/C18H17BrN4O4S/c1-28(26,27)22-16-7-14(19)6-15(8-16)21-18(25)13-9-20-23(10-13)17-5-3-2-4-12(17)11-24/h2-11,18,21-22,25H,1H3. The highest BCUT2D eigenvalue weighted by molar-refractivity contribution is 9.10. The lowest BCUT2D eigenvalue weighted by Gasteiger charge is -2.14. The van der Waals surface area contributed by atoms with Crippen LogP contribution in [0.2, 0.25) is 0 Å². The van der Waals surface area contributed by atoms with Gasteiger partial charge in [-0.2, -0.15) is 5.10 Å². The van der Waals surface area contributed by atoms with Crippen LogP contribution in [0.4, 0.5) is 11.4 Å². The van der Waals surface area contributed by atoms with Gasteiger partial charge in [-0.15, -0.1) is 0 Å². The van der Waals surface area contributed by atoms with E-state index in [0.717, 1.165) is 12.5 Å². The number of aliphatic hydroxyl groups is 1. The van der Waals surface area contributed by atoms with Crippen LogP contribution in [0, 0.1) is 0 Å². The molecule has 0 aliphatic heterocycles. The summed E-state index contributed by atoms with van der Waals surface area (Å²) in [6, 6.07) is 11.8. The van der Waals surface area contributed by atoms with E-state index in [1.807, 2.05) is 0 Å². The van der Waals surface area contributed by atoms with E-state index >= 15 is 0 Å². The van der Waals surface area contributed by atoms with Gasteiger partial charge in [-0.1, -0.05) is 28.1 Å². The summed E-state index contributed by atoms with van der Waals surface area (Å²) in [6.07, 6.45) is 3.78. The number of sulfonamides is 1. The second-order valence-corrected chi connectivity index (χ2v) is 8.71. The molecule has 0 aliphatic rings. The molecule has 8 nitrogen and oxygen atoms in total. The Bertz CT molecular complexity index is 1110. The number of aliphatic hydroxyl groups excluding tert-OH is 1. The molecule has 1 unspecified atom stereocenters. The highest BCUT2D eigenvalue weighted by Gasteiger charge is 2.13. The maximum Gasteiger partial charge on any atom is 0.229 e. The molecule has 3 N–H and O–H groups in total. The molecule has 3 rings (SSSR count). The quantitative estimate of drug-likeness (QED) is 0.365. The zero-order chi connectivity index (χ0) is 20.3. The molecule has 0 bridgehead atoms. The van der Waals surface area contributed by atoms with E-state index < -0.39 is 16.3 Å². The number of carbonyl (C=O) groups excluding carboxylic acids is 1. The molecule has 0 saturated heterocycles. The van der Waals surface area contributed by atoms with Gasteiger partial charge < -0.3 is 10.4 Å². The van der Waals surface area contributed by atoms with Crippen molar-refractivity contribution >= 4 is 43.6 Å². The Kier molecular flexibility index (Phi) is 5.82. The van der Waals surface area contributed by atoms with Gasteiger partial charge in [0.25, 0.3) is 0 Å². The summed E-state index contributed by atoms with van der Waals surface area (Å²) in [5.41, 5.74) is 2.38. The van der Waals surface area contributed by atoms with Crippen molar-refractivity contribution in [3.8, 4) is 5.69 Å². The van der Waals surface area contributed by atoms with Crippen LogP contribution in [0.5, 0.6) is 0 Å². The number of nitrogens with one attached hydrogen (secondary N) is 2. The molecule has 1 atom stereocenters. The van der Waals surface area contributed by atoms with Gasteiger partial charge >= 0.3 is 0 Å². The van der Waals surface area contributed by atoms with Crippen molar-refractivity contribution in [2.24, 2.45) is 0 Å². The third-order valence-corrected chi connectivity index (χ3v) is 4.80. The molecule has 1 aromatic heterocycles. The Hall–Kier alpha value is -2.69. The lowest BCUT2D eigenvalue weighted by atomic mass is 10.2. The molecule has 2 aromatic carbocycles. The predicted molar refractivity (Wildman–Crippen MR) is 110 cm³/mol. The monoisotopic (exact) mass is 464 g/mol. The zero-order valence-electron chi connectivity index (χ0n) is 14.7. The second-order valence-electron chi connectivity index (χ2n) is 6.04. The summed E-state index contributed by atoms with van der Waals surface area (Å²) in [6.45, 7) is 0. The van der Waals surface area contributed by atoms with Crippen LogP contribution < -0.4 is 10.0 Å². The van der Waals surface area contributed by atoms with E-state index in [4.69, 9.17) is 0 Å². The average Bonchev–Trinajstić information content (AvgIpc) is 3.09. The van der Waals surface area contributed by atoms with Crippen LogP contribution in [0.1, 0.15) is 22.1 Å². The van der Waals surface area contributed by atoms with Crippen molar-refractivity contribution in [1.29, 1.82) is 0 Å². The molecule has 3 aromatic rings. The molecule has 0 radical (unpaired) electrons. The van der Waals surface area contributed by atoms with Gasteiger partial charge in [-0.05, 0) is 30.3 Å². The van der Waals surface area contributed by atoms with Crippen LogP contribution in [-0.2, 0) is 10.0 Å². The molecule has 0 fully saturated rings. The fourth-order valence-electron chi connectivity index (χ4n) is 2.59. The maximum absolute atomic E-state index is 11.4. The third-order valence-electron chi connectivity index (χ3n) is 3.73. The van der Waals surface area contributed by atoms with Gasteiger partial charge in [0.2, 0.25) is 10.0 Å². The number of anilines is 2. The number of hydrogen-bond donors (Lipinski definition) is 3.